The van der Waals surface area contributed by atoms with Crippen molar-refractivity contribution >= 4 is 39.1 Å². The molecule has 7 heteroatoms. The number of hydrogen-bond acceptors (Lipinski definition) is 4. The Kier molecular flexibility index (Phi) is 6.39. The number of likely N-dealkylation sites (tertiary alicyclic amines) is 1. The number of amides is 2. The van der Waals surface area contributed by atoms with Crippen LogP contribution in [0.1, 0.15) is 31.7 Å². The molecule has 2 aliphatic rings. The maximum atomic E-state index is 12.6. The van der Waals surface area contributed by atoms with E-state index in [4.69, 9.17) is 4.74 Å². The number of nitrogens with one attached hydrogen (secondary N) is 1. The van der Waals surface area contributed by atoms with Gasteiger partial charge in [0.15, 0.2) is 6.61 Å². The van der Waals surface area contributed by atoms with E-state index >= 15 is 0 Å². The van der Waals surface area contributed by atoms with Gasteiger partial charge in [-0.1, -0.05) is 34.5 Å². The van der Waals surface area contributed by atoms with Gasteiger partial charge in [0, 0.05) is 22.7 Å². The number of anilines is 2. The Labute approximate surface area is 185 Å². The quantitative estimate of drug-likeness (QED) is 0.709. The van der Waals surface area contributed by atoms with E-state index < -0.39 is 0 Å². The van der Waals surface area contributed by atoms with Crippen LogP contribution in [0.15, 0.2) is 46.9 Å². The molecular formula is C23H26BrN3O3. The lowest BCUT2D eigenvalue weighted by Gasteiger charge is -2.33. The zero-order valence-electron chi connectivity index (χ0n) is 17.1. The summed E-state index contributed by atoms with van der Waals surface area (Å²) in [6.45, 7) is 4.25. The predicted octanol–water partition coefficient (Wildman–Crippen LogP) is 4.19. The smallest absolute Gasteiger partial charge is 0.265 e. The molecule has 4 rings (SSSR count). The SMILES string of the molecule is CC1CCCCN1Cc1ccc(NC(=O)CN2C(=O)COc3cc(Br)ccc32)cc1. The molecular weight excluding hydrogens is 446 g/mol. The Morgan fingerprint density at radius 3 is 2.77 bits per heavy atom. The van der Waals surface area contributed by atoms with E-state index in [0.717, 1.165) is 23.2 Å². The third kappa shape index (κ3) is 4.84. The Morgan fingerprint density at radius 1 is 1.20 bits per heavy atom. The number of piperidine rings is 1. The zero-order valence-corrected chi connectivity index (χ0v) is 18.7. The fourth-order valence-electron chi connectivity index (χ4n) is 4.02. The Bertz CT molecular complexity index is 932. The molecule has 1 unspecified atom stereocenters. The van der Waals surface area contributed by atoms with Crippen molar-refractivity contribution in [1.29, 1.82) is 0 Å². The van der Waals surface area contributed by atoms with Crippen LogP contribution >= 0.6 is 15.9 Å². The first-order valence-corrected chi connectivity index (χ1v) is 11.1. The average Bonchev–Trinajstić information content (AvgIpc) is 2.73. The molecule has 2 heterocycles. The van der Waals surface area contributed by atoms with Gasteiger partial charge in [-0.25, -0.2) is 0 Å². The number of ether oxygens (including phenoxy) is 1. The van der Waals surface area contributed by atoms with E-state index in [1.54, 1.807) is 12.1 Å². The molecule has 1 atom stereocenters. The van der Waals surface area contributed by atoms with Crippen LogP contribution < -0.4 is 15.0 Å². The Morgan fingerprint density at radius 2 is 2.00 bits per heavy atom. The number of hydrogen-bond donors (Lipinski definition) is 1. The third-order valence-electron chi connectivity index (χ3n) is 5.73. The van der Waals surface area contributed by atoms with Crippen LogP contribution in [-0.4, -0.2) is 42.5 Å². The zero-order chi connectivity index (χ0) is 21.1. The molecule has 0 aromatic heterocycles. The van der Waals surface area contributed by atoms with Crippen molar-refractivity contribution in [3.8, 4) is 5.75 Å². The van der Waals surface area contributed by atoms with Crippen LogP contribution in [0.2, 0.25) is 0 Å². The van der Waals surface area contributed by atoms with Gasteiger partial charge < -0.3 is 10.1 Å². The molecule has 0 aliphatic carbocycles. The second-order valence-corrected chi connectivity index (χ2v) is 8.86. The molecule has 2 aliphatic heterocycles. The molecule has 1 fully saturated rings. The predicted molar refractivity (Wildman–Crippen MR) is 121 cm³/mol. The fourth-order valence-corrected chi connectivity index (χ4v) is 4.36. The van der Waals surface area contributed by atoms with Crippen LogP contribution in [0, 0.1) is 0 Å². The van der Waals surface area contributed by atoms with Gasteiger partial charge in [0.05, 0.1) is 5.69 Å². The highest BCUT2D eigenvalue weighted by atomic mass is 79.9. The Balaban J connectivity index is 1.37. The van der Waals surface area contributed by atoms with Crippen molar-refractivity contribution in [2.24, 2.45) is 0 Å². The van der Waals surface area contributed by atoms with Gasteiger partial charge in [-0.3, -0.25) is 19.4 Å². The van der Waals surface area contributed by atoms with Crippen LogP contribution in [0.25, 0.3) is 0 Å². The number of rotatable bonds is 5. The van der Waals surface area contributed by atoms with Gasteiger partial charge in [-0.2, -0.15) is 0 Å². The number of carbonyl (C=O) groups excluding carboxylic acids is 2. The summed E-state index contributed by atoms with van der Waals surface area (Å²) >= 11 is 3.40. The first kappa shape index (κ1) is 20.9. The molecule has 30 heavy (non-hydrogen) atoms. The highest BCUT2D eigenvalue weighted by Crippen LogP contribution is 2.34. The van der Waals surface area contributed by atoms with Crippen molar-refractivity contribution in [3.05, 3.63) is 52.5 Å². The van der Waals surface area contributed by atoms with Crippen molar-refractivity contribution in [2.45, 2.75) is 38.8 Å². The molecule has 0 bridgehead atoms. The van der Waals surface area contributed by atoms with E-state index in [2.05, 4.69) is 45.2 Å². The van der Waals surface area contributed by atoms with Crippen LogP contribution in [0.4, 0.5) is 11.4 Å². The van der Waals surface area contributed by atoms with Crippen molar-refractivity contribution in [2.75, 3.05) is 29.9 Å². The standard InChI is InChI=1S/C23H26BrN3O3/c1-16-4-2-3-11-26(16)13-17-5-8-19(9-6-17)25-22(28)14-27-20-10-7-18(24)12-21(20)30-15-23(27)29/h5-10,12,16H,2-4,11,13-15H2,1H3,(H,25,28). The molecule has 0 saturated carbocycles. The largest absolute Gasteiger partial charge is 0.482 e. The van der Waals surface area contributed by atoms with Gasteiger partial charge in [0.2, 0.25) is 5.91 Å². The fraction of sp³-hybridized carbons (Fsp3) is 0.391. The summed E-state index contributed by atoms with van der Waals surface area (Å²) in [6, 6.07) is 14.0. The lowest BCUT2D eigenvalue weighted by atomic mass is 10.0. The average molecular weight is 472 g/mol. The summed E-state index contributed by atoms with van der Waals surface area (Å²) in [7, 11) is 0. The molecule has 0 radical (unpaired) electrons. The summed E-state index contributed by atoms with van der Waals surface area (Å²) in [5.74, 6) is 0.121. The summed E-state index contributed by atoms with van der Waals surface area (Å²) in [5, 5.41) is 2.90. The lowest BCUT2D eigenvalue weighted by Crippen LogP contribution is -2.43. The highest BCUT2D eigenvalue weighted by molar-refractivity contribution is 9.10. The van der Waals surface area contributed by atoms with Crippen molar-refractivity contribution in [1.82, 2.24) is 4.90 Å². The monoisotopic (exact) mass is 471 g/mol. The molecule has 1 N–H and O–H groups in total. The molecule has 0 spiro atoms. The summed E-state index contributed by atoms with van der Waals surface area (Å²) in [4.78, 5) is 28.9. The van der Waals surface area contributed by atoms with Gasteiger partial charge in [-0.15, -0.1) is 0 Å². The number of benzene rings is 2. The maximum absolute atomic E-state index is 12.6. The molecule has 2 aromatic rings. The number of carbonyl (C=O) groups is 2. The molecule has 1 saturated heterocycles. The maximum Gasteiger partial charge on any atom is 0.265 e. The topological polar surface area (TPSA) is 61.9 Å². The number of halogens is 1. The van der Waals surface area contributed by atoms with Gasteiger partial charge >= 0.3 is 0 Å². The van der Waals surface area contributed by atoms with Gasteiger partial charge in [-0.05, 0) is 62.2 Å². The first-order chi connectivity index (χ1) is 14.5. The number of fused-ring (bicyclic) bond motifs is 1. The second kappa shape index (κ2) is 9.18. The minimum atomic E-state index is -0.239. The van der Waals surface area contributed by atoms with E-state index in [9.17, 15) is 9.59 Å². The highest BCUT2D eigenvalue weighted by Gasteiger charge is 2.27. The van der Waals surface area contributed by atoms with Gasteiger partial charge in [0.1, 0.15) is 12.3 Å². The van der Waals surface area contributed by atoms with E-state index in [1.807, 2.05) is 18.2 Å². The minimum Gasteiger partial charge on any atom is -0.482 e. The van der Waals surface area contributed by atoms with Gasteiger partial charge in [0.25, 0.3) is 5.91 Å². The van der Waals surface area contributed by atoms with Crippen LogP contribution in [0.3, 0.4) is 0 Å². The second-order valence-electron chi connectivity index (χ2n) is 7.94. The van der Waals surface area contributed by atoms with Crippen molar-refractivity contribution < 1.29 is 14.3 Å². The molecule has 6 nitrogen and oxygen atoms in total. The molecule has 2 amide bonds. The third-order valence-corrected chi connectivity index (χ3v) is 6.22. The Hall–Kier alpha value is -2.38. The van der Waals surface area contributed by atoms with Crippen molar-refractivity contribution in [3.63, 3.8) is 0 Å². The summed E-state index contributed by atoms with van der Waals surface area (Å²) < 4.78 is 6.33. The lowest BCUT2D eigenvalue weighted by molar-refractivity contribution is -0.123. The van der Waals surface area contributed by atoms with E-state index in [0.29, 0.717) is 17.5 Å². The molecule has 2 aromatic carbocycles. The molecule has 158 valence electrons. The summed E-state index contributed by atoms with van der Waals surface area (Å²) in [5.41, 5.74) is 2.58. The minimum absolute atomic E-state index is 0.0517. The first-order valence-electron chi connectivity index (χ1n) is 10.3. The van der Waals surface area contributed by atoms with Crippen LogP contribution in [-0.2, 0) is 16.1 Å². The van der Waals surface area contributed by atoms with E-state index in [1.165, 1.54) is 29.7 Å². The normalized spacial score (nSPS) is 19.2. The van der Waals surface area contributed by atoms with Crippen LogP contribution in [0.5, 0.6) is 5.75 Å². The summed E-state index contributed by atoms with van der Waals surface area (Å²) in [6.07, 6.45) is 3.84. The number of nitrogens with zero attached hydrogens (tertiary/aromatic N) is 2. The van der Waals surface area contributed by atoms with E-state index in [-0.39, 0.29) is 25.0 Å².